The number of hydrogen-bond donors (Lipinski definition) is 1. The van der Waals surface area contributed by atoms with Gasteiger partial charge >= 0.3 is 0 Å². The van der Waals surface area contributed by atoms with Crippen LogP contribution in [0.25, 0.3) is 10.9 Å². The maximum absolute atomic E-state index is 14.0. The fourth-order valence-corrected chi connectivity index (χ4v) is 2.22. The van der Waals surface area contributed by atoms with Gasteiger partial charge < -0.3 is 10.5 Å². The number of halogens is 1. The van der Waals surface area contributed by atoms with Crippen LogP contribution in [0.4, 0.5) is 10.1 Å². The molecule has 0 saturated heterocycles. The molecule has 2 aromatic carbocycles. The highest BCUT2D eigenvalue weighted by molar-refractivity contribution is 5.85. The highest BCUT2D eigenvalue weighted by Crippen LogP contribution is 2.32. The molecule has 21 heavy (non-hydrogen) atoms. The van der Waals surface area contributed by atoms with Gasteiger partial charge in [-0.2, -0.15) is 0 Å². The van der Waals surface area contributed by atoms with E-state index in [1.54, 1.807) is 12.1 Å². The van der Waals surface area contributed by atoms with Crippen molar-refractivity contribution in [3.8, 4) is 11.5 Å². The normalized spacial score (nSPS) is 10.8. The molecule has 1 aromatic heterocycles. The number of aromatic nitrogens is 1. The molecule has 0 fully saturated rings. The lowest BCUT2D eigenvalue weighted by atomic mass is 10.1. The van der Waals surface area contributed by atoms with Gasteiger partial charge in [0.15, 0.2) is 11.6 Å². The third-order valence-electron chi connectivity index (χ3n) is 3.35. The number of hydrogen-bond acceptors (Lipinski definition) is 3. The van der Waals surface area contributed by atoms with Crippen LogP contribution in [0, 0.1) is 19.7 Å². The standard InChI is InChI=1S/C17H15FN2O/c1-10-7-17(13(18)9-14(10)19)21-16-8-11(2)20-15-6-4-3-5-12(15)16/h3-9H,19H2,1-2H3. The van der Waals surface area contributed by atoms with Crippen molar-refractivity contribution < 1.29 is 9.13 Å². The molecule has 0 aliphatic heterocycles. The first-order chi connectivity index (χ1) is 10.0. The molecule has 0 radical (unpaired) electrons. The Labute approximate surface area is 122 Å². The largest absolute Gasteiger partial charge is 0.453 e. The molecule has 0 atom stereocenters. The van der Waals surface area contributed by atoms with Crippen molar-refractivity contribution in [3.63, 3.8) is 0 Å². The zero-order valence-electron chi connectivity index (χ0n) is 11.9. The smallest absolute Gasteiger partial charge is 0.167 e. The fraction of sp³-hybridized carbons (Fsp3) is 0.118. The van der Waals surface area contributed by atoms with Crippen LogP contribution >= 0.6 is 0 Å². The van der Waals surface area contributed by atoms with E-state index in [2.05, 4.69) is 4.98 Å². The lowest BCUT2D eigenvalue weighted by molar-refractivity contribution is 0.445. The number of anilines is 1. The predicted octanol–water partition coefficient (Wildman–Crippen LogP) is 4.37. The molecule has 2 N–H and O–H groups in total. The average molecular weight is 282 g/mol. The molecule has 0 aliphatic carbocycles. The van der Waals surface area contributed by atoms with Gasteiger partial charge in [-0.1, -0.05) is 12.1 Å². The number of fused-ring (bicyclic) bond motifs is 1. The summed E-state index contributed by atoms with van der Waals surface area (Å²) >= 11 is 0. The summed E-state index contributed by atoms with van der Waals surface area (Å²) in [5.74, 6) is 0.273. The second-order valence-electron chi connectivity index (χ2n) is 5.02. The average Bonchev–Trinajstić information content (AvgIpc) is 2.44. The van der Waals surface area contributed by atoms with E-state index in [9.17, 15) is 4.39 Å². The summed E-state index contributed by atoms with van der Waals surface area (Å²) in [7, 11) is 0. The van der Waals surface area contributed by atoms with E-state index in [1.165, 1.54) is 6.07 Å². The first kappa shape index (κ1) is 13.4. The Morgan fingerprint density at radius 2 is 1.81 bits per heavy atom. The number of para-hydroxylation sites is 1. The van der Waals surface area contributed by atoms with E-state index in [-0.39, 0.29) is 5.75 Å². The molecule has 106 valence electrons. The third kappa shape index (κ3) is 2.52. The molecular formula is C17H15FN2O. The molecule has 0 saturated carbocycles. The second-order valence-corrected chi connectivity index (χ2v) is 5.02. The SMILES string of the molecule is Cc1cc(Oc2cc(C)c(N)cc2F)c2ccccc2n1. The van der Waals surface area contributed by atoms with E-state index in [4.69, 9.17) is 10.5 Å². The van der Waals surface area contributed by atoms with Crippen LogP contribution in [-0.4, -0.2) is 4.98 Å². The Balaban J connectivity index is 2.12. The van der Waals surface area contributed by atoms with Crippen molar-refractivity contribution in [1.82, 2.24) is 4.98 Å². The van der Waals surface area contributed by atoms with Crippen LogP contribution in [0.15, 0.2) is 42.5 Å². The van der Waals surface area contributed by atoms with E-state index in [0.717, 1.165) is 22.2 Å². The molecule has 3 nitrogen and oxygen atoms in total. The van der Waals surface area contributed by atoms with Gasteiger partial charge in [0.05, 0.1) is 5.52 Å². The predicted molar refractivity (Wildman–Crippen MR) is 82.1 cm³/mol. The van der Waals surface area contributed by atoms with Gasteiger partial charge in [0.1, 0.15) is 5.75 Å². The summed E-state index contributed by atoms with van der Waals surface area (Å²) in [5.41, 5.74) is 8.52. The molecule has 0 amide bonds. The van der Waals surface area contributed by atoms with Crippen LogP contribution in [0.3, 0.4) is 0 Å². The summed E-state index contributed by atoms with van der Waals surface area (Å²) < 4.78 is 19.8. The Hall–Kier alpha value is -2.62. The Bertz CT molecular complexity index is 830. The summed E-state index contributed by atoms with van der Waals surface area (Å²) in [6.07, 6.45) is 0. The highest BCUT2D eigenvalue weighted by Gasteiger charge is 2.11. The van der Waals surface area contributed by atoms with Gasteiger partial charge in [-0.15, -0.1) is 0 Å². The highest BCUT2D eigenvalue weighted by atomic mass is 19.1. The number of nitrogens with zero attached hydrogens (tertiary/aromatic N) is 1. The minimum Gasteiger partial charge on any atom is -0.453 e. The maximum atomic E-state index is 14.0. The van der Waals surface area contributed by atoms with Gasteiger partial charge in [-0.05, 0) is 37.6 Å². The van der Waals surface area contributed by atoms with Crippen LogP contribution in [-0.2, 0) is 0 Å². The quantitative estimate of drug-likeness (QED) is 0.710. The molecule has 1 heterocycles. The fourth-order valence-electron chi connectivity index (χ4n) is 2.22. The van der Waals surface area contributed by atoms with E-state index in [1.807, 2.05) is 38.1 Å². The van der Waals surface area contributed by atoms with E-state index in [0.29, 0.717) is 11.4 Å². The summed E-state index contributed by atoms with van der Waals surface area (Å²) in [6, 6.07) is 12.3. The zero-order valence-corrected chi connectivity index (χ0v) is 11.9. The molecule has 0 spiro atoms. The van der Waals surface area contributed by atoms with Gasteiger partial charge in [-0.3, -0.25) is 4.98 Å². The minimum absolute atomic E-state index is 0.164. The number of aryl methyl sites for hydroxylation is 2. The second kappa shape index (κ2) is 5.05. The van der Waals surface area contributed by atoms with Crippen molar-refractivity contribution in [2.75, 3.05) is 5.73 Å². The van der Waals surface area contributed by atoms with Crippen LogP contribution in [0.2, 0.25) is 0 Å². The summed E-state index contributed by atoms with van der Waals surface area (Å²) in [5, 5.41) is 0.844. The van der Waals surface area contributed by atoms with Crippen molar-refractivity contribution in [3.05, 3.63) is 59.5 Å². The zero-order chi connectivity index (χ0) is 15.0. The van der Waals surface area contributed by atoms with Crippen LogP contribution < -0.4 is 10.5 Å². The summed E-state index contributed by atoms with van der Waals surface area (Å²) in [4.78, 5) is 4.44. The van der Waals surface area contributed by atoms with Gasteiger partial charge in [0.2, 0.25) is 0 Å². The molecule has 3 rings (SSSR count). The molecule has 0 aliphatic rings. The van der Waals surface area contributed by atoms with Gasteiger partial charge in [0.25, 0.3) is 0 Å². The topological polar surface area (TPSA) is 48.1 Å². The van der Waals surface area contributed by atoms with Gasteiger partial charge in [-0.25, -0.2) is 4.39 Å². The number of nitrogen functional groups attached to an aromatic ring is 1. The van der Waals surface area contributed by atoms with Crippen molar-refractivity contribution in [2.45, 2.75) is 13.8 Å². The first-order valence-electron chi connectivity index (χ1n) is 6.64. The lowest BCUT2D eigenvalue weighted by Crippen LogP contribution is -1.96. The summed E-state index contributed by atoms with van der Waals surface area (Å²) in [6.45, 7) is 3.70. The molecule has 0 bridgehead atoms. The monoisotopic (exact) mass is 282 g/mol. The first-order valence-corrected chi connectivity index (χ1v) is 6.64. The van der Waals surface area contributed by atoms with Crippen molar-refractivity contribution >= 4 is 16.6 Å². The number of pyridine rings is 1. The number of nitrogens with two attached hydrogens (primary N) is 1. The van der Waals surface area contributed by atoms with Crippen molar-refractivity contribution in [2.24, 2.45) is 0 Å². The lowest BCUT2D eigenvalue weighted by Gasteiger charge is -2.12. The van der Waals surface area contributed by atoms with Crippen molar-refractivity contribution in [1.29, 1.82) is 0 Å². The Kier molecular flexibility index (Phi) is 3.22. The van der Waals surface area contributed by atoms with Crippen LogP contribution in [0.5, 0.6) is 11.5 Å². The number of rotatable bonds is 2. The maximum Gasteiger partial charge on any atom is 0.167 e. The molecule has 3 aromatic rings. The molecule has 4 heteroatoms. The van der Waals surface area contributed by atoms with Crippen LogP contribution in [0.1, 0.15) is 11.3 Å². The Morgan fingerprint density at radius 3 is 2.62 bits per heavy atom. The van der Waals surface area contributed by atoms with E-state index >= 15 is 0 Å². The molecular weight excluding hydrogens is 267 g/mol. The minimum atomic E-state index is -0.475. The number of ether oxygens (including phenoxy) is 1. The Morgan fingerprint density at radius 1 is 1.05 bits per heavy atom. The van der Waals surface area contributed by atoms with Gasteiger partial charge in [0, 0.05) is 28.9 Å². The molecule has 0 unspecified atom stereocenters. The van der Waals surface area contributed by atoms with E-state index < -0.39 is 5.82 Å². The third-order valence-corrected chi connectivity index (χ3v) is 3.35. The number of benzene rings is 2.